The second-order valence-electron chi connectivity index (χ2n) is 7.14. The van der Waals surface area contributed by atoms with Crippen molar-refractivity contribution in [3.05, 3.63) is 50.2 Å². The fourth-order valence-electron chi connectivity index (χ4n) is 3.83. The molecular weight excluding hydrogens is 426 g/mol. The molecule has 4 rings (SSSR count). The Morgan fingerprint density at radius 3 is 2.76 bits per heavy atom. The molecule has 0 unspecified atom stereocenters. The van der Waals surface area contributed by atoms with Gasteiger partial charge in [0.15, 0.2) is 0 Å². The van der Waals surface area contributed by atoms with Crippen molar-refractivity contribution < 1.29 is 14.3 Å². The average Bonchev–Trinajstić information content (AvgIpc) is 3.25. The number of benzene rings is 1. The summed E-state index contributed by atoms with van der Waals surface area (Å²) in [4.78, 5) is 27.4. The molecule has 0 fully saturated rings. The number of esters is 1. The number of hydrogen-bond acceptors (Lipinski definition) is 5. The standard InChI is InChI=1S/C22H22ClNO3S2/c1-3-12-9-10-13-16(11-12)29-21(17(13)22(26)27-4-2)24-20(25)19-18(23)14-7-5-6-8-15(14)28-19/h5-8,12H,3-4,9-11H2,1-2H3,(H,24,25)/t12-/m1/s1. The van der Waals surface area contributed by atoms with Crippen LogP contribution in [0.15, 0.2) is 24.3 Å². The maximum Gasteiger partial charge on any atom is 0.341 e. The van der Waals surface area contributed by atoms with E-state index in [0.717, 1.165) is 41.3 Å². The molecule has 0 radical (unpaired) electrons. The molecule has 1 N–H and O–H groups in total. The molecule has 1 amide bonds. The fraction of sp³-hybridized carbons (Fsp3) is 0.364. The Labute approximate surface area is 182 Å². The summed E-state index contributed by atoms with van der Waals surface area (Å²) >= 11 is 9.33. The molecule has 2 aromatic heterocycles. The highest BCUT2D eigenvalue weighted by Crippen LogP contribution is 2.42. The molecule has 29 heavy (non-hydrogen) atoms. The second-order valence-corrected chi connectivity index (χ2v) is 9.68. The van der Waals surface area contributed by atoms with Crippen molar-refractivity contribution in [3.63, 3.8) is 0 Å². The van der Waals surface area contributed by atoms with Crippen LogP contribution in [0.25, 0.3) is 10.1 Å². The van der Waals surface area contributed by atoms with Crippen molar-refractivity contribution in [2.75, 3.05) is 11.9 Å². The number of halogens is 1. The predicted octanol–water partition coefficient (Wildman–Crippen LogP) is 6.56. The van der Waals surface area contributed by atoms with Gasteiger partial charge in [-0.3, -0.25) is 4.79 Å². The summed E-state index contributed by atoms with van der Waals surface area (Å²) in [5.74, 6) is -0.0261. The Kier molecular flexibility index (Phi) is 5.95. The number of nitrogens with one attached hydrogen (secondary N) is 1. The van der Waals surface area contributed by atoms with E-state index >= 15 is 0 Å². The van der Waals surface area contributed by atoms with Crippen LogP contribution in [0.2, 0.25) is 5.02 Å². The number of amides is 1. The zero-order chi connectivity index (χ0) is 20.5. The molecule has 152 valence electrons. The van der Waals surface area contributed by atoms with E-state index in [1.807, 2.05) is 24.3 Å². The SMILES string of the molecule is CCOC(=O)c1c(NC(=O)c2sc3ccccc3c2Cl)sc2c1CC[C@@H](CC)C2. The molecule has 2 heterocycles. The molecule has 4 nitrogen and oxygen atoms in total. The van der Waals surface area contributed by atoms with Crippen LogP contribution < -0.4 is 5.32 Å². The molecule has 3 aromatic rings. The number of carbonyl (C=O) groups is 2. The Morgan fingerprint density at radius 1 is 1.24 bits per heavy atom. The number of anilines is 1. The van der Waals surface area contributed by atoms with Crippen molar-refractivity contribution in [1.82, 2.24) is 0 Å². The summed E-state index contributed by atoms with van der Waals surface area (Å²) in [6.45, 7) is 4.29. The lowest BCUT2D eigenvalue weighted by Gasteiger charge is -2.20. The summed E-state index contributed by atoms with van der Waals surface area (Å²) in [7, 11) is 0. The first-order valence-corrected chi connectivity index (χ1v) is 11.8. The van der Waals surface area contributed by atoms with Crippen LogP contribution in [-0.2, 0) is 17.6 Å². The van der Waals surface area contributed by atoms with Gasteiger partial charge in [-0.05, 0) is 43.7 Å². The highest BCUT2D eigenvalue weighted by molar-refractivity contribution is 7.22. The van der Waals surface area contributed by atoms with Crippen LogP contribution in [0.3, 0.4) is 0 Å². The van der Waals surface area contributed by atoms with E-state index in [1.54, 1.807) is 6.92 Å². The third-order valence-electron chi connectivity index (χ3n) is 5.39. The topological polar surface area (TPSA) is 55.4 Å². The minimum Gasteiger partial charge on any atom is -0.462 e. The molecule has 0 saturated heterocycles. The molecule has 0 aliphatic heterocycles. The van der Waals surface area contributed by atoms with Gasteiger partial charge in [-0.1, -0.05) is 43.1 Å². The summed E-state index contributed by atoms with van der Waals surface area (Å²) in [6, 6.07) is 7.68. The van der Waals surface area contributed by atoms with Gasteiger partial charge in [0.1, 0.15) is 9.88 Å². The number of rotatable bonds is 5. The minimum absolute atomic E-state index is 0.285. The fourth-order valence-corrected chi connectivity index (χ4v) is 6.59. The Hall–Kier alpha value is -1.89. The first-order valence-electron chi connectivity index (χ1n) is 9.83. The van der Waals surface area contributed by atoms with Gasteiger partial charge in [-0.15, -0.1) is 22.7 Å². The van der Waals surface area contributed by atoms with Gasteiger partial charge < -0.3 is 10.1 Å². The molecule has 0 saturated carbocycles. The van der Waals surface area contributed by atoms with E-state index in [9.17, 15) is 9.59 Å². The highest BCUT2D eigenvalue weighted by atomic mass is 35.5. The quantitative estimate of drug-likeness (QED) is 0.450. The minimum atomic E-state index is -0.363. The monoisotopic (exact) mass is 447 g/mol. The number of fused-ring (bicyclic) bond motifs is 2. The van der Waals surface area contributed by atoms with Gasteiger partial charge in [-0.25, -0.2) is 4.79 Å². The molecule has 1 aromatic carbocycles. The third kappa shape index (κ3) is 3.81. The van der Waals surface area contributed by atoms with Crippen molar-refractivity contribution in [3.8, 4) is 0 Å². The molecule has 1 aliphatic rings. The zero-order valence-electron chi connectivity index (χ0n) is 16.3. The average molecular weight is 448 g/mol. The van der Waals surface area contributed by atoms with Crippen molar-refractivity contribution in [2.24, 2.45) is 5.92 Å². The van der Waals surface area contributed by atoms with Crippen molar-refractivity contribution >= 4 is 61.2 Å². The predicted molar refractivity (Wildman–Crippen MR) is 121 cm³/mol. The van der Waals surface area contributed by atoms with Gasteiger partial charge in [-0.2, -0.15) is 0 Å². The summed E-state index contributed by atoms with van der Waals surface area (Å²) in [5.41, 5.74) is 1.56. The van der Waals surface area contributed by atoms with Crippen LogP contribution >= 0.6 is 34.3 Å². The van der Waals surface area contributed by atoms with E-state index in [0.29, 0.717) is 33.0 Å². The van der Waals surface area contributed by atoms with Gasteiger partial charge in [0, 0.05) is 15.0 Å². The third-order valence-corrected chi connectivity index (χ3v) is 8.24. The van der Waals surface area contributed by atoms with E-state index in [2.05, 4.69) is 12.2 Å². The van der Waals surface area contributed by atoms with Crippen molar-refractivity contribution in [2.45, 2.75) is 39.5 Å². The molecule has 1 atom stereocenters. The second kappa shape index (κ2) is 8.46. The van der Waals surface area contributed by atoms with Crippen LogP contribution in [0, 0.1) is 5.92 Å². The van der Waals surface area contributed by atoms with Crippen LogP contribution in [0.1, 0.15) is 57.2 Å². The van der Waals surface area contributed by atoms with E-state index in [-0.39, 0.29) is 11.9 Å². The number of carbonyl (C=O) groups excluding carboxylic acids is 2. The largest absolute Gasteiger partial charge is 0.462 e. The zero-order valence-corrected chi connectivity index (χ0v) is 18.7. The lowest BCUT2D eigenvalue weighted by molar-refractivity contribution is 0.0526. The molecule has 7 heteroatoms. The lowest BCUT2D eigenvalue weighted by atomic mass is 9.85. The summed E-state index contributed by atoms with van der Waals surface area (Å²) < 4.78 is 6.26. The lowest BCUT2D eigenvalue weighted by Crippen LogP contribution is -2.17. The van der Waals surface area contributed by atoms with Crippen LogP contribution in [0.4, 0.5) is 5.00 Å². The normalized spacial score (nSPS) is 15.9. The van der Waals surface area contributed by atoms with Crippen LogP contribution in [-0.4, -0.2) is 18.5 Å². The molecule has 1 aliphatic carbocycles. The van der Waals surface area contributed by atoms with E-state index < -0.39 is 0 Å². The van der Waals surface area contributed by atoms with Gasteiger partial charge in [0.05, 0.1) is 17.2 Å². The van der Waals surface area contributed by atoms with Gasteiger partial charge in [0.2, 0.25) is 0 Å². The van der Waals surface area contributed by atoms with Crippen LogP contribution in [0.5, 0.6) is 0 Å². The molecule has 0 bridgehead atoms. The Balaban J connectivity index is 1.70. The first-order chi connectivity index (χ1) is 14.0. The summed E-state index contributed by atoms with van der Waals surface area (Å²) in [6.07, 6.45) is 3.97. The van der Waals surface area contributed by atoms with E-state index in [4.69, 9.17) is 16.3 Å². The maximum absolute atomic E-state index is 13.0. The summed E-state index contributed by atoms with van der Waals surface area (Å²) in [5, 5.41) is 4.85. The number of ether oxygens (including phenoxy) is 1. The Bertz CT molecular complexity index is 1090. The molecule has 0 spiro atoms. The molecular formula is C22H22ClNO3S2. The Morgan fingerprint density at radius 2 is 2.03 bits per heavy atom. The number of thiophene rings is 2. The number of hydrogen-bond donors (Lipinski definition) is 1. The van der Waals surface area contributed by atoms with Gasteiger partial charge in [0.25, 0.3) is 5.91 Å². The van der Waals surface area contributed by atoms with E-state index in [1.165, 1.54) is 27.6 Å². The van der Waals surface area contributed by atoms with Gasteiger partial charge >= 0.3 is 5.97 Å². The highest BCUT2D eigenvalue weighted by Gasteiger charge is 2.30. The van der Waals surface area contributed by atoms with Crippen molar-refractivity contribution in [1.29, 1.82) is 0 Å². The smallest absolute Gasteiger partial charge is 0.341 e. The first kappa shape index (κ1) is 20.4. The maximum atomic E-state index is 13.0.